The summed E-state index contributed by atoms with van der Waals surface area (Å²) in [5.41, 5.74) is 7.00. The third-order valence-corrected chi connectivity index (χ3v) is 3.25. The Bertz CT molecular complexity index is 510. The molecule has 2 N–H and O–H groups in total. The molecule has 1 aromatic heterocycles. The molecule has 0 spiro atoms. The van der Waals surface area contributed by atoms with Gasteiger partial charge in [0.1, 0.15) is 5.82 Å². The molecule has 0 aliphatic heterocycles. The van der Waals surface area contributed by atoms with E-state index in [0.717, 1.165) is 15.9 Å². The van der Waals surface area contributed by atoms with Crippen molar-refractivity contribution in [2.24, 2.45) is 12.8 Å². The summed E-state index contributed by atoms with van der Waals surface area (Å²) >= 11 is 9.51. The molecule has 0 bridgehead atoms. The molecule has 2 aromatic rings. The number of aromatic nitrogens is 2. The molecule has 1 aromatic carbocycles. The van der Waals surface area contributed by atoms with Gasteiger partial charge in [0.05, 0.1) is 6.04 Å². The highest BCUT2D eigenvalue weighted by molar-refractivity contribution is 9.10. The van der Waals surface area contributed by atoms with Gasteiger partial charge in [0, 0.05) is 28.9 Å². The van der Waals surface area contributed by atoms with Gasteiger partial charge < -0.3 is 10.3 Å². The van der Waals surface area contributed by atoms with Crippen molar-refractivity contribution in [3.63, 3.8) is 0 Å². The maximum atomic E-state index is 6.15. The maximum Gasteiger partial charge on any atom is 0.130 e. The van der Waals surface area contributed by atoms with Crippen molar-refractivity contribution in [3.8, 4) is 0 Å². The second kappa shape index (κ2) is 4.57. The smallest absolute Gasteiger partial charge is 0.130 e. The van der Waals surface area contributed by atoms with E-state index in [2.05, 4.69) is 20.9 Å². The largest absolute Gasteiger partial charge is 0.336 e. The zero-order chi connectivity index (χ0) is 11.7. The summed E-state index contributed by atoms with van der Waals surface area (Å²) in [4.78, 5) is 4.22. The third kappa shape index (κ3) is 2.14. The molecule has 0 radical (unpaired) electrons. The van der Waals surface area contributed by atoms with Crippen LogP contribution < -0.4 is 5.73 Å². The average molecular weight is 301 g/mol. The number of nitrogens with two attached hydrogens (primary N) is 1. The molecule has 5 heteroatoms. The molecule has 1 heterocycles. The fraction of sp³-hybridized carbons (Fsp3) is 0.182. The van der Waals surface area contributed by atoms with Gasteiger partial charge in [-0.05, 0) is 17.7 Å². The molecule has 0 saturated carbocycles. The topological polar surface area (TPSA) is 43.8 Å². The van der Waals surface area contributed by atoms with Gasteiger partial charge in [-0.2, -0.15) is 0 Å². The van der Waals surface area contributed by atoms with Gasteiger partial charge in [-0.3, -0.25) is 0 Å². The average Bonchev–Trinajstić information content (AvgIpc) is 2.63. The first-order valence-corrected chi connectivity index (χ1v) is 5.94. The first-order valence-electron chi connectivity index (χ1n) is 4.77. The SMILES string of the molecule is Cn1ccnc1C(N)c1ccc(Br)cc1Cl. The van der Waals surface area contributed by atoms with Gasteiger partial charge in [0.25, 0.3) is 0 Å². The minimum atomic E-state index is -0.305. The second-order valence-electron chi connectivity index (χ2n) is 3.54. The van der Waals surface area contributed by atoms with E-state index in [9.17, 15) is 0 Å². The lowest BCUT2D eigenvalue weighted by atomic mass is 10.1. The van der Waals surface area contributed by atoms with Crippen molar-refractivity contribution in [1.82, 2.24) is 9.55 Å². The molecule has 84 valence electrons. The fourth-order valence-electron chi connectivity index (χ4n) is 1.57. The van der Waals surface area contributed by atoms with Gasteiger partial charge in [-0.15, -0.1) is 0 Å². The summed E-state index contributed by atoms with van der Waals surface area (Å²) in [7, 11) is 1.91. The van der Waals surface area contributed by atoms with Crippen molar-refractivity contribution in [1.29, 1.82) is 0 Å². The van der Waals surface area contributed by atoms with E-state index in [1.807, 2.05) is 36.0 Å². The molecule has 0 aliphatic carbocycles. The van der Waals surface area contributed by atoms with E-state index in [-0.39, 0.29) is 6.04 Å². The Hall–Kier alpha value is -0.840. The van der Waals surface area contributed by atoms with Gasteiger partial charge in [0.15, 0.2) is 0 Å². The molecule has 0 fully saturated rings. The highest BCUT2D eigenvalue weighted by Crippen LogP contribution is 2.28. The van der Waals surface area contributed by atoms with Crippen molar-refractivity contribution in [2.75, 3.05) is 0 Å². The van der Waals surface area contributed by atoms with E-state index in [1.165, 1.54) is 0 Å². The maximum absolute atomic E-state index is 6.15. The molecule has 16 heavy (non-hydrogen) atoms. The van der Waals surface area contributed by atoms with Crippen LogP contribution in [0.5, 0.6) is 0 Å². The number of nitrogens with zero attached hydrogens (tertiary/aromatic N) is 2. The first kappa shape index (κ1) is 11.6. The van der Waals surface area contributed by atoms with Crippen molar-refractivity contribution in [2.45, 2.75) is 6.04 Å². The van der Waals surface area contributed by atoms with E-state index < -0.39 is 0 Å². The number of hydrogen-bond acceptors (Lipinski definition) is 2. The summed E-state index contributed by atoms with van der Waals surface area (Å²) in [6, 6.07) is 5.36. The lowest BCUT2D eigenvalue weighted by molar-refractivity contribution is 0.717. The van der Waals surface area contributed by atoms with E-state index in [4.69, 9.17) is 17.3 Å². The fourth-order valence-corrected chi connectivity index (χ4v) is 2.36. The Morgan fingerprint density at radius 3 is 2.81 bits per heavy atom. The van der Waals surface area contributed by atoms with Crippen molar-refractivity contribution >= 4 is 27.5 Å². The summed E-state index contributed by atoms with van der Waals surface area (Å²) in [6.07, 6.45) is 3.59. The molecule has 1 atom stereocenters. The van der Waals surface area contributed by atoms with Gasteiger partial charge in [0.2, 0.25) is 0 Å². The van der Waals surface area contributed by atoms with E-state index in [0.29, 0.717) is 5.02 Å². The Kier molecular flexibility index (Phi) is 3.33. The van der Waals surface area contributed by atoms with Crippen molar-refractivity contribution < 1.29 is 0 Å². The molecule has 2 rings (SSSR count). The Labute approximate surface area is 107 Å². The van der Waals surface area contributed by atoms with Crippen LogP contribution >= 0.6 is 27.5 Å². The molecular weight excluding hydrogens is 289 g/mol. The molecule has 1 unspecified atom stereocenters. The zero-order valence-electron chi connectivity index (χ0n) is 8.69. The Morgan fingerprint density at radius 2 is 2.25 bits per heavy atom. The Balaban J connectivity index is 2.41. The van der Waals surface area contributed by atoms with Crippen LogP contribution in [0, 0.1) is 0 Å². The van der Waals surface area contributed by atoms with Crippen LogP contribution in [0.3, 0.4) is 0 Å². The number of aryl methyl sites for hydroxylation is 1. The van der Waals surface area contributed by atoms with Crippen LogP contribution in [0.2, 0.25) is 5.02 Å². The molecule has 0 amide bonds. The van der Waals surface area contributed by atoms with Gasteiger partial charge >= 0.3 is 0 Å². The normalized spacial score (nSPS) is 12.8. The number of rotatable bonds is 2. The van der Waals surface area contributed by atoms with Crippen LogP contribution in [-0.2, 0) is 7.05 Å². The predicted molar refractivity (Wildman–Crippen MR) is 68.4 cm³/mol. The highest BCUT2D eigenvalue weighted by atomic mass is 79.9. The van der Waals surface area contributed by atoms with Gasteiger partial charge in [-0.25, -0.2) is 4.98 Å². The summed E-state index contributed by atoms with van der Waals surface area (Å²) in [5.74, 6) is 0.796. The van der Waals surface area contributed by atoms with Crippen LogP contribution in [-0.4, -0.2) is 9.55 Å². The molecule has 0 aliphatic rings. The van der Waals surface area contributed by atoms with Gasteiger partial charge in [-0.1, -0.05) is 33.6 Å². The number of imidazole rings is 1. The molecular formula is C11H11BrClN3. The monoisotopic (exact) mass is 299 g/mol. The minimum absolute atomic E-state index is 0.305. The second-order valence-corrected chi connectivity index (χ2v) is 4.86. The van der Waals surface area contributed by atoms with Crippen molar-refractivity contribution in [3.05, 3.63) is 51.5 Å². The number of halogens is 2. The third-order valence-electron chi connectivity index (χ3n) is 2.43. The van der Waals surface area contributed by atoms with Crippen LogP contribution in [0.25, 0.3) is 0 Å². The number of benzene rings is 1. The zero-order valence-corrected chi connectivity index (χ0v) is 11.0. The molecule has 3 nitrogen and oxygen atoms in total. The number of hydrogen-bond donors (Lipinski definition) is 1. The summed E-state index contributed by atoms with van der Waals surface area (Å²) in [6.45, 7) is 0. The summed E-state index contributed by atoms with van der Waals surface area (Å²) < 4.78 is 2.83. The molecule has 0 saturated heterocycles. The van der Waals surface area contributed by atoms with E-state index >= 15 is 0 Å². The lowest BCUT2D eigenvalue weighted by Crippen LogP contribution is -2.16. The standard InChI is InChI=1S/C11H11BrClN3/c1-16-5-4-15-11(16)10(14)8-3-2-7(12)6-9(8)13/h2-6,10H,14H2,1H3. The minimum Gasteiger partial charge on any atom is -0.336 e. The van der Waals surface area contributed by atoms with Crippen LogP contribution in [0.4, 0.5) is 0 Å². The predicted octanol–water partition coefficient (Wildman–Crippen LogP) is 2.88. The van der Waals surface area contributed by atoms with Crippen LogP contribution in [0.1, 0.15) is 17.4 Å². The lowest BCUT2D eigenvalue weighted by Gasteiger charge is -2.13. The highest BCUT2D eigenvalue weighted by Gasteiger charge is 2.16. The summed E-state index contributed by atoms with van der Waals surface area (Å²) in [5, 5.41) is 0.643. The Morgan fingerprint density at radius 1 is 1.50 bits per heavy atom. The van der Waals surface area contributed by atoms with Crippen LogP contribution in [0.15, 0.2) is 35.1 Å². The quantitative estimate of drug-likeness (QED) is 0.927. The first-order chi connectivity index (χ1) is 7.59. The van der Waals surface area contributed by atoms with E-state index in [1.54, 1.807) is 6.20 Å².